The number of benzene rings is 1. The number of ether oxygens (including phenoxy) is 1. The average molecular weight is 286 g/mol. The molecule has 0 heterocycles. The number of aryl methyl sites for hydroxylation is 1. The number of hydrogen-bond donors (Lipinski definition) is 1. The standard InChI is InChI=1S/C13H18O5S/c1-4-10-5-6-11(13(14)15)7-12(10)19(16,17)8-9(2)18-3/h5-7,9H,4,8H2,1-3H3,(H,14,15). The molecule has 6 heteroatoms. The molecule has 5 nitrogen and oxygen atoms in total. The normalized spacial score (nSPS) is 13.2. The first-order valence-corrected chi connectivity index (χ1v) is 7.58. The average Bonchev–Trinajstić information content (AvgIpc) is 2.37. The Labute approximate surface area is 113 Å². The van der Waals surface area contributed by atoms with Crippen molar-refractivity contribution in [1.82, 2.24) is 0 Å². The second-order valence-corrected chi connectivity index (χ2v) is 6.31. The molecule has 0 radical (unpaired) electrons. The minimum atomic E-state index is -3.56. The van der Waals surface area contributed by atoms with Gasteiger partial charge in [0.1, 0.15) is 0 Å². The van der Waals surface area contributed by atoms with Gasteiger partial charge < -0.3 is 9.84 Å². The van der Waals surface area contributed by atoms with Gasteiger partial charge in [-0.2, -0.15) is 0 Å². The molecule has 0 spiro atoms. The number of sulfone groups is 1. The Morgan fingerprint density at radius 3 is 2.53 bits per heavy atom. The predicted octanol–water partition coefficient (Wildman–Crippen LogP) is 1.76. The van der Waals surface area contributed by atoms with Crippen LogP contribution in [0.3, 0.4) is 0 Å². The van der Waals surface area contributed by atoms with E-state index >= 15 is 0 Å². The van der Waals surface area contributed by atoms with Crippen LogP contribution in [0.4, 0.5) is 0 Å². The SMILES string of the molecule is CCc1ccc(C(=O)O)cc1S(=O)(=O)CC(C)OC. The summed E-state index contributed by atoms with van der Waals surface area (Å²) in [6, 6.07) is 4.19. The second kappa shape index (κ2) is 6.16. The molecule has 0 fully saturated rings. The van der Waals surface area contributed by atoms with Crippen LogP contribution in [0.15, 0.2) is 23.1 Å². The van der Waals surface area contributed by atoms with Gasteiger partial charge in [0.2, 0.25) is 0 Å². The van der Waals surface area contributed by atoms with Crippen molar-refractivity contribution >= 4 is 15.8 Å². The zero-order valence-corrected chi connectivity index (χ0v) is 12.0. The van der Waals surface area contributed by atoms with Gasteiger partial charge >= 0.3 is 5.97 Å². The quantitative estimate of drug-likeness (QED) is 0.861. The number of hydrogen-bond acceptors (Lipinski definition) is 4. The molecule has 1 rings (SSSR count). The van der Waals surface area contributed by atoms with Gasteiger partial charge in [-0.05, 0) is 31.0 Å². The first kappa shape index (κ1) is 15.7. The van der Waals surface area contributed by atoms with Crippen LogP contribution in [0.1, 0.15) is 29.8 Å². The van der Waals surface area contributed by atoms with Crippen LogP contribution >= 0.6 is 0 Å². The highest BCUT2D eigenvalue weighted by Crippen LogP contribution is 2.21. The van der Waals surface area contributed by atoms with Crippen molar-refractivity contribution in [1.29, 1.82) is 0 Å². The number of rotatable bonds is 6. The van der Waals surface area contributed by atoms with E-state index in [4.69, 9.17) is 9.84 Å². The summed E-state index contributed by atoms with van der Waals surface area (Å²) in [5.41, 5.74) is 0.592. The van der Waals surface area contributed by atoms with Gasteiger partial charge in [0, 0.05) is 7.11 Å². The van der Waals surface area contributed by atoms with E-state index < -0.39 is 21.9 Å². The number of aromatic carboxylic acids is 1. The summed E-state index contributed by atoms with van der Waals surface area (Å²) in [6.45, 7) is 3.48. The summed E-state index contributed by atoms with van der Waals surface area (Å²) < 4.78 is 29.5. The Morgan fingerprint density at radius 2 is 2.05 bits per heavy atom. The van der Waals surface area contributed by atoms with E-state index in [0.29, 0.717) is 12.0 Å². The van der Waals surface area contributed by atoms with Crippen molar-refractivity contribution in [3.05, 3.63) is 29.3 Å². The molecular weight excluding hydrogens is 268 g/mol. The molecule has 1 N–H and O–H groups in total. The summed E-state index contributed by atoms with van der Waals surface area (Å²) >= 11 is 0. The van der Waals surface area contributed by atoms with E-state index in [0.717, 1.165) is 0 Å². The molecule has 0 saturated heterocycles. The second-order valence-electron chi connectivity index (χ2n) is 4.31. The fourth-order valence-corrected chi connectivity index (χ4v) is 3.59. The number of carboxylic acid groups (broad SMARTS) is 1. The third kappa shape index (κ3) is 3.78. The molecule has 0 amide bonds. The molecule has 1 atom stereocenters. The lowest BCUT2D eigenvalue weighted by Gasteiger charge is -2.13. The van der Waals surface area contributed by atoms with Crippen LogP contribution in [0, 0.1) is 0 Å². The zero-order valence-electron chi connectivity index (χ0n) is 11.2. The van der Waals surface area contributed by atoms with Crippen LogP contribution in [-0.4, -0.2) is 38.5 Å². The summed E-state index contributed by atoms with van der Waals surface area (Å²) in [6.07, 6.45) is 0.0821. The van der Waals surface area contributed by atoms with Gasteiger partial charge in [-0.1, -0.05) is 13.0 Å². The Morgan fingerprint density at radius 1 is 1.42 bits per heavy atom. The number of carboxylic acids is 1. The Hall–Kier alpha value is -1.40. The maximum absolute atomic E-state index is 12.3. The fourth-order valence-electron chi connectivity index (χ4n) is 1.74. The largest absolute Gasteiger partial charge is 0.478 e. The van der Waals surface area contributed by atoms with Gasteiger partial charge in [0.05, 0.1) is 22.3 Å². The molecule has 19 heavy (non-hydrogen) atoms. The monoisotopic (exact) mass is 286 g/mol. The van der Waals surface area contributed by atoms with Gasteiger partial charge in [0.15, 0.2) is 9.84 Å². The zero-order chi connectivity index (χ0) is 14.6. The highest BCUT2D eigenvalue weighted by Gasteiger charge is 2.22. The minimum Gasteiger partial charge on any atom is -0.478 e. The molecule has 0 aliphatic rings. The molecule has 1 aromatic carbocycles. The first-order valence-electron chi connectivity index (χ1n) is 5.93. The van der Waals surface area contributed by atoms with Gasteiger partial charge in [-0.25, -0.2) is 13.2 Å². The van der Waals surface area contributed by atoms with E-state index in [9.17, 15) is 13.2 Å². The van der Waals surface area contributed by atoms with Crippen molar-refractivity contribution in [2.24, 2.45) is 0 Å². The van der Waals surface area contributed by atoms with Gasteiger partial charge in [0.25, 0.3) is 0 Å². The van der Waals surface area contributed by atoms with E-state index in [1.165, 1.54) is 19.2 Å². The Balaban J connectivity index is 3.30. The van der Waals surface area contributed by atoms with E-state index in [1.807, 2.05) is 6.92 Å². The van der Waals surface area contributed by atoms with Crippen LogP contribution in [-0.2, 0) is 21.0 Å². The molecule has 0 bridgehead atoms. The summed E-state index contributed by atoms with van der Waals surface area (Å²) in [5.74, 6) is -1.31. The van der Waals surface area contributed by atoms with Gasteiger partial charge in [-0.3, -0.25) is 0 Å². The molecule has 0 aliphatic carbocycles. The maximum atomic E-state index is 12.3. The van der Waals surface area contributed by atoms with Crippen LogP contribution < -0.4 is 0 Å². The molecule has 0 aromatic heterocycles. The first-order chi connectivity index (χ1) is 8.81. The summed E-state index contributed by atoms with van der Waals surface area (Å²) in [4.78, 5) is 11.0. The third-order valence-electron chi connectivity index (χ3n) is 2.89. The lowest BCUT2D eigenvalue weighted by molar-refractivity contribution is 0.0696. The maximum Gasteiger partial charge on any atom is 0.335 e. The highest BCUT2D eigenvalue weighted by molar-refractivity contribution is 7.91. The lowest BCUT2D eigenvalue weighted by Crippen LogP contribution is -2.21. The van der Waals surface area contributed by atoms with Crippen molar-refractivity contribution in [2.75, 3.05) is 12.9 Å². The molecule has 1 aromatic rings. The van der Waals surface area contributed by atoms with Crippen molar-refractivity contribution in [2.45, 2.75) is 31.3 Å². The van der Waals surface area contributed by atoms with E-state index in [1.54, 1.807) is 13.0 Å². The summed E-state index contributed by atoms with van der Waals surface area (Å²) in [5, 5.41) is 8.95. The summed E-state index contributed by atoms with van der Waals surface area (Å²) in [7, 11) is -2.12. The smallest absolute Gasteiger partial charge is 0.335 e. The minimum absolute atomic E-state index is 0.0270. The molecule has 106 valence electrons. The van der Waals surface area contributed by atoms with Gasteiger partial charge in [-0.15, -0.1) is 0 Å². The third-order valence-corrected chi connectivity index (χ3v) is 4.84. The van der Waals surface area contributed by atoms with Crippen LogP contribution in [0.5, 0.6) is 0 Å². The van der Waals surface area contributed by atoms with Crippen molar-refractivity contribution in [3.63, 3.8) is 0 Å². The van der Waals surface area contributed by atoms with Crippen molar-refractivity contribution in [3.8, 4) is 0 Å². The molecular formula is C13H18O5S. The molecule has 0 aliphatic heterocycles. The Bertz CT molecular complexity index is 562. The number of methoxy groups -OCH3 is 1. The van der Waals surface area contributed by atoms with Crippen LogP contribution in [0.25, 0.3) is 0 Å². The number of carbonyl (C=O) groups is 1. The highest BCUT2D eigenvalue weighted by atomic mass is 32.2. The predicted molar refractivity (Wildman–Crippen MR) is 71.3 cm³/mol. The van der Waals surface area contributed by atoms with E-state index in [2.05, 4.69) is 0 Å². The lowest BCUT2D eigenvalue weighted by atomic mass is 10.1. The topological polar surface area (TPSA) is 80.7 Å². The molecule has 1 unspecified atom stereocenters. The van der Waals surface area contributed by atoms with Crippen LogP contribution in [0.2, 0.25) is 0 Å². The fraction of sp³-hybridized carbons (Fsp3) is 0.462. The Kier molecular flexibility index (Phi) is 5.08. The molecule has 0 saturated carbocycles. The van der Waals surface area contributed by atoms with Crippen molar-refractivity contribution < 1.29 is 23.1 Å². The van der Waals surface area contributed by atoms with E-state index in [-0.39, 0.29) is 16.2 Å².